The lowest BCUT2D eigenvalue weighted by Crippen LogP contribution is -2.49. The molecule has 2 unspecified atom stereocenters. The fourth-order valence-corrected chi connectivity index (χ4v) is 2.98. The number of hydrogen-bond acceptors (Lipinski definition) is 3. The average Bonchev–Trinajstić information content (AvgIpc) is 2.62. The topological polar surface area (TPSA) is 55.8 Å². The summed E-state index contributed by atoms with van der Waals surface area (Å²) in [5, 5.41) is 11.9. The molecule has 5 heteroatoms. The van der Waals surface area contributed by atoms with Crippen molar-refractivity contribution >= 4 is 11.7 Å². The van der Waals surface area contributed by atoms with E-state index < -0.39 is 0 Å². The Bertz CT molecular complexity index is 506. The van der Waals surface area contributed by atoms with Gasteiger partial charge in [0.05, 0.1) is 0 Å². The molecule has 22 heavy (non-hydrogen) atoms. The molecule has 0 bridgehead atoms. The van der Waals surface area contributed by atoms with E-state index in [0.717, 1.165) is 13.0 Å². The molecule has 5 nitrogen and oxygen atoms in total. The van der Waals surface area contributed by atoms with Crippen molar-refractivity contribution in [3.8, 4) is 0 Å². The number of likely N-dealkylation sites (N-methyl/N-ethyl adjacent to an activating group) is 1. The molecule has 2 N–H and O–H groups in total. The van der Waals surface area contributed by atoms with Crippen molar-refractivity contribution in [2.24, 2.45) is 0 Å². The van der Waals surface area contributed by atoms with E-state index >= 15 is 0 Å². The van der Waals surface area contributed by atoms with Crippen LogP contribution in [0, 0.1) is 0 Å². The van der Waals surface area contributed by atoms with Crippen LogP contribution in [-0.4, -0.2) is 48.3 Å². The van der Waals surface area contributed by atoms with Gasteiger partial charge in [0.25, 0.3) is 0 Å². The molecule has 0 saturated heterocycles. The molecule has 0 fully saturated rings. The SMILES string of the molecule is CC(CCCO)NC(=O)N1Cc2ccccc2N(C)CC1C. The van der Waals surface area contributed by atoms with Gasteiger partial charge in [-0.2, -0.15) is 0 Å². The molecule has 1 aliphatic heterocycles. The highest BCUT2D eigenvalue weighted by Crippen LogP contribution is 2.26. The smallest absolute Gasteiger partial charge is 0.318 e. The number of aliphatic hydroxyl groups excluding tert-OH is 1. The molecule has 0 saturated carbocycles. The minimum absolute atomic E-state index is 0.0250. The maximum absolute atomic E-state index is 12.6. The Morgan fingerprint density at radius 2 is 2.18 bits per heavy atom. The second-order valence-electron chi connectivity index (χ2n) is 6.20. The van der Waals surface area contributed by atoms with Crippen LogP contribution in [0.3, 0.4) is 0 Å². The van der Waals surface area contributed by atoms with Crippen molar-refractivity contribution in [1.29, 1.82) is 0 Å². The van der Waals surface area contributed by atoms with E-state index in [1.807, 2.05) is 24.0 Å². The predicted molar refractivity (Wildman–Crippen MR) is 89.0 cm³/mol. The van der Waals surface area contributed by atoms with Crippen molar-refractivity contribution in [1.82, 2.24) is 10.2 Å². The summed E-state index contributed by atoms with van der Waals surface area (Å²) in [5.41, 5.74) is 2.37. The highest BCUT2D eigenvalue weighted by molar-refractivity contribution is 5.75. The van der Waals surface area contributed by atoms with Gasteiger partial charge in [0.15, 0.2) is 0 Å². The largest absolute Gasteiger partial charge is 0.396 e. The zero-order valence-corrected chi connectivity index (χ0v) is 13.7. The molecule has 1 aliphatic rings. The summed E-state index contributed by atoms with van der Waals surface area (Å²) in [5.74, 6) is 0. The number of aliphatic hydroxyl groups is 1. The number of anilines is 1. The molecular formula is C17H27N3O2. The van der Waals surface area contributed by atoms with E-state index in [1.54, 1.807) is 0 Å². The van der Waals surface area contributed by atoms with Crippen LogP contribution in [-0.2, 0) is 6.54 Å². The van der Waals surface area contributed by atoms with Crippen molar-refractivity contribution in [2.75, 3.05) is 25.1 Å². The van der Waals surface area contributed by atoms with Gasteiger partial charge in [0.2, 0.25) is 0 Å². The highest BCUT2D eigenvalue weighted by atomic mass is 16.3. The number of hydrogen-bond donors (Lipinski definition) is 2. The number of benzene rings is 1. The number of carbonyl (C=O) groups is 1. The van der Waals surface area contributed by atoms with Gasteiger partial charge in [-0.1, -0.05) is 18.2 Å². The lowest BCUT2D eigenvalue weighted by Gasteiger charge is -2.30. The Morgan fingerprint density at radius 3 is 2.91 bits per heavy atom. The zero-order chi connectivity index (χ0) is 16.1. The molecule has 0 radical (unpaired) electrons. The summed E-state index contributed by atoms with van der Waals surface area (Å²) >= 11 is 0. The number of para-hydroxylation sites is 1. The minimum atomic E-state index is -0.0250. The Morgan fingerprint density at radius 1 is 1.45 bits per heavy atom. The molecule has 2 amide bonds. The first-order valence-corrected chi connectivity index (χ1v) is 8.00. The fourth-order valence-electron chi connectivity index (χ4n) is 2.98. The van der Waals surface area contributed by atoms with Crippen molar-refractivity contribution in [2.45, 2.75) is 45.3 Å². The number of carbonyl (C=O) groups excluding carboxylic acids is 1. The van der Waals surface area contributed by atoms with Crippen LogP contribution in [0.5, 0.6) is 0 Å². The van der Waals surface area contributed by atoms with Crippen molar-refractivity contribution < 1.29 is 9.90 Å². The average molecular weight is 305 g/mol. The zero-order valence-electron chi connectivity index (χ0n) is 13.7. The van der Waals surface area contributed by atoms with E-state index in [4.69, 9.17) is 5.11 Å². The standard InChI is InChI=1S/C17H27N3O2/c1-13(7-6-10-21)18-17(22)20-12-15-8-4-5-9-16(15)19(3)11-14(20)2/h4-5,8-9,13-14,21H,6-7,10-12H2,1-3H3,(H,18,22). The van der Waals surface area contributed by atoms with E-state index in [-0.39, 0.29) is 24.7 Å². The van der Waals surface area contributed by atoms with Crippen LogP contribution in [0.15, 0.2) is 24.3 Å². The molecular weight excluding hydrogens is 278 g/mol. The second kappa shape index (κ2) is 7.49. The summed E-state index contributed by atoms with van der Waals surface area (Å²) in [4.78, 5) is 16.7. The Hall–Kier alpha value is -1.75. The summed E-state index contributed by atoms with van der Waals surface area (Å²) in [6.45, 7) is 5.67. The van der Waals surface area contributed by atoms with Crippen LogP contribution in [0.4, 0.5) is 10.5 Å². The summed E-state index contributed by atoms with van der Waals surface area (Å²) in [6.07, 6.45) is 1.50. The Balaban J connectivity index is 2.08. The minimum Gasteiger partial charge on any atom is -0.396 e. The summed E-state index contributed by atoms with van der Waals surface area (Å²) in [7, 11) is 2.07. The second-order valence-corrected chi connectivity index (χ2v) is 6.20. The first-order valence-electron chi connectivity index (χ1n) is 8.00. The third kappa shape index (κ3) is 3.91. The quantitative estimate of drug-likeness (QED) is 0.896. The number of rotatable bonds is 4. The molecule has 1 aromatic carbocycles. The van der Waals surface area contributed by atoms with E-state index in [2.05, 4.69) is 36.3 Å². The summed E-state index contributed by atoms with van der Waals surface area (Å²) in [6, 6.07) is 8.43. The Kier molecular flexibility index (Phi) is 5.66. The van der Waals surface area contributed by atoms with Crippen molar-refractivity contribution in [3.05, 3.63) is 29.8 Å². The molecule has 1 heterocycles. The third-order valence-electron chi connectivity index (χ3n) is 4.24. The number of nitrogens with zero attached hydrogens (tertiary/aromatic N) is 2. The first-order chi connectivity index (χ1) is 10.5. The lowest BCUT2D eigenvalue weighted by molar-refractivity contribution is 0.173. The van der Waals surface area contributed by atoms with Crippen LogP contribution in [0.1, 0.15) is 32.3 Å². The molecule has 2 rings (SSSR count). The van der Waals surface area contributed by atoms with Crippen molar-refractivity contribution in [3.63, 3.8) is 0 Å². The normalized spacial score (nSPS) is 19.4. The lowest BCUT2D eigenvalue weighted by atomic mass is 10.1. The van der Waals surface area contributed by atoms with Crippen LogP contribution in [0.2, 0.25) is 0 Å². The van der Waals surface area contributed by atoms with Gasteiger partial charge in [-0.15, -0.1) is 0 Å². The maximum atomic E-state index is 12.6. The highest BCUT2D eigenvalue weighted by Gasteiger charge is 2.27. The molecule has 2 atom stereocenters. The van der Waals surface area contributed by atoms with Gasteiger partial charge in [-0.05, 0) is 38.3 Å². The number of nitrogens with one attached hydrogen (secondary N) is 1. The van der Waals surface area contributed by atoms with E-state index in [0.29, 0.717) is 13.0 Å². The van der Waals surface area contributed by atoms with Crippen LogP contribution in [0.25, 0.3) is 0 Å². The fraction of sp³-hybridized carbons (Fsp3) is 0.588. The van der Waals surface area contributed by atoms with Crippen LogP contribution < -0.4 is 10.2 Å². The molecule has 0 aliphatic carbocycles. The van der Waals surface area contributed by atoms with Gasteiger partial charge >= 0.3 is 6.03 Å². The van der Waals surface area contributed by atoms with Gasteiger partial charge in [-0.3, -0.25) is 0 Å². The monoisotopic (exact) mass is 305 g/mol. The van der Waals surface area contributed by atoms with Gasteiger partial charge in [0.1, 0.15) is 0 Å². The van der Waals surface area contributed by atoms with Crippen LogP contribution >= 0.6 is 0 Å². The maximum Gasteiger partial charge on any atom is 0.318 e. The molecule has 0 spiro atoms. The Labute approximate surface area is 132 Å². The van der Waals surface area contributed by atoms with Gasteiger partial charge < -0.3 is 20.2 Å². The molecule has 122 valence electrons. The molecule has 1 aromatic rings. The van der Waals surface area contributed by atoms with E-state index in [1.165, 1.54) is 11.3 Å². The first kappa shape index (κ1) is 16.6. The predicted octanol–water partition coefficient (Wildman–Crippen LogP) is 2.20. The molecule has 0 aromatic heterocycles. The third-order valence-corrected chi connectivity index (χ3v) is 4.24. The van der Waals surface area contributed by atoms with E-state index in [9.17, 15) is 4.79 Å². The number of amides is 2. The number of fused-ring (bicyclic) bond motifs is 1. The number of urea groups is 1. The van der Waals surface area contributed by atoms with Gasteiger partial charge in [0, 0.05) is 44.5 Å². The van der Waals surface area contributed by atoms with Gasteiger partial charge in [-0.25, -0.2) is 4.79 Å². The summed E-state index contributed by atoms with van der Waals surface area (Å²) < 4.78 is 0.